The minimum absolute atomic E-state index is 0.160. The molecule has 0 spiro atoms. The molecule has 1 N–H and O–H groups in total. The zero-order valence-electron chi connectivity index (χ0n) is 9.50. The van der Waals surface area contributed by atoms with E-state index in [9.17, 15) is 9.18 Å². The summed E-state index contributed by atoms with van der Waals surface area (Å²) in [6.07, 6.45) is 0.999. The van der Waals surface area contributed by atoms with Crippen molar-refractivity contribution < 1.29 is 14.3 Å². The Morgan fingerprint density at radius 3 is 2.94 bits per heavy atom. The molecule has 0 aliphatic carbocycles. The van der Waals surface area contributed by atoms with Crippen LogP contribution >= 0.6 is 11.3 Å². The van der Waals surface area contributed by atoms with Gasteiger partial charge < -0.3 is 10.0 Å². The SMILES string of the molecule is CN(Cc1cscn1)c1ncc(F)cc1C(=O)O. The summed E-state index contributed by atoms with van der Waals surface area (Å²) in [5.41, 5.74) is 2.34. The lowest BCUT2D eigenvalue weighted by Gasteiger charge is -2.18. The molecule has 2 rings (SSSR count). The summed E-state index contributed by atoms with van der Waals surface area (Å²) >= 11 is 1.46. The zero-order chi connectivity index (χ0) is 13.1. The van der Waals surface area contributed by atoms with Gasteiger partial charge >= 0.3 is 5.97 Å². The van der Waals surface area contributed by atoms with Crippen LogP contribution in [-0.4, -0.2) is 28.1 Å². The molecule has 2 heterocycles. The highest BCUT2D eigenvalue weighted by atomic mass is 32.1. The second-order valence-corrected chi connectivity index (χ2v) is 4.38. The number of nitrogens with zero attached hydrogens (tertiary/aromatic N) is 3. The van der Waals surface area contributed by atoms with E-state index in [-0.39, 0.29) is 11.4 Å². The van der Waals surface area contributed by atoms with E-state index in [0.717, 1.165) is 18.0 Å². The molecule has 7 heteroatoms. The molecule has 0 aliphatic heterocycles. The van der Waals surface area contributed by atoms with Crippen LogP contribution in [0, 0.1) is 5.82 Å². The molecule has 0 aromatic carbocycles. The molecule has 0 radical (unpaired) electrons. The van der Waals surface area contributed by atoms with Gasteiger partial charge in [0.05, 0.1) is 23.9 Å². The molecule has 0 fully saturated rings. The van der Waals surface area contributed by atoms with Crippen LogP contribution < -0.4 is 4.90 Å². The van der Waals surface area contributed by atoms with Gasteiger partial charge in [-0.15, -0.1) is 11.3 Å². The highest BCUT2D eigenvalue weighted by Crippen LogP contribution is 2.19. The molecule has 5 nitrogen and oxygen atoms in total. The van der Waals surface area contributed by atoms with Gasteiger partial charge in [0.15, 0.2) is 0 Å². The van der Waals surface area contributed by atoms with Gasteiger partial charge in [0.2, 0.25) is 0 Å². The molecular formula is C11H10FN3O2S. The van der Waals surface area contributed by atoms with Crippen molar-refractivity contribution in [2.45, 2.75) is 6.54 Å². The molecule has 0 atom stereocenters. The van der Waals surface area contributed by atoms with E-state index < -0.39 is 11.8 Å². The minimum Gasteiger partial charge on any atom is -0.478 e. The lowest BCUT2D eigenvalue weighted by Crippen LogP contribution is -2.21. The highest BCUT2D eigenvalue weighted by molar-refractivity contribution is 7.07. The van der Waals surface area contributed by atoms with Gasteiger partial charge in [-0.3, -0.25) is 0 Å². The largest absolute Gasteiger partial charge is 0.478 e. The third-order valence-corrected chi connectivity index (χ3v) is 2.94. The van der Waals surface area contributed by atoms with Crippen molar-refractivity contribution in [3.8, 4) is 0 Å². The van der Waals surface area contributed by atoms with Gasteiger partial charge in [0.1, 0.15) is 17.2 Å². The lowest BCUT2D eigenvalue weighted by molar-refractivity contribution is 0.0696. The van der Waals surface area contributed by atoms with E-state index in [1.807, 2.05) is 5.38 Å². The van der Waals surface area contributed by atoms with Crippen LogP contribution in [0.2, 0.25) is 0 Å². The van der Waals surface area contributed by atoms with Crippen molar-refractivity contribution in [1.82, 2.24) is 9.97 Å². The Balaban J connectivity index is 2.29. The first-order chi connectivity index (χ1) is 8.58. The van der Waals surface area contributed by atoms with Crippen LogP contribution in [0.4, 0.5) is 10.2 Å². The van der Waals surface area contributed by atoms with E-state index in [4.69, 9.17) is 5.11 Å². The van der Waals surface area contributed by atoms with Gasteiger partial charge in [-0.05, 0) is 6.07 Å². The number of halogens is 1. The molecule has 0 aliphatic rings. The fourth-order valence-electron chi connectivity index (χ4n) is 1.53. The van der Waals surface area contributed by atoms with E-state index in [1.165, 1.54) is 11.3 Å². The van der Waals surface area contributed by atoms with E-state index >= 15 is 0 Å². The normalized spacial score (nSPS) is 10.3. The summed E-state index contributed by atoms with van der Waals surface area (Å²) < 4.78 is 13.0. The minimum atomic E-state index is -1.21. The topological polar surface area (TPSA) is 66.3 Å². The first-order valence-electron chi connectivity index (χ1n) is 5.05. The molecule has 94 valence electrons. The quantitative estimate of drug-likeness (QED) is 0.918. The molecule has 0 saturated heterocycles. The van der Waals surface area contributed by atoms with Crippen molar-refractivity contribution in [3.05, 3.63) is 40.2 Å². The Bertz CT molecular complexity index is 559. The molecule has 2 aromatic heterocycles. The molecule has 18 heavy (non-hydrogen) atoms. The van der Waals surface area contributed by atoms with E-state index in [0.29, 0.717) is 6.54 Å². The van der Waals surface area contributed by atoms with Gasteiger partial charge in [0.25, 0.3) is 0 Å². The lowest BCUT2D eigenvalue weighted by atomic mass is 10.2. The Hall–Kier alpha value is -2.02. The van der Waals surface area contributed by atoms with Crippen LogP contribution in [0.25, 0.3) is 0 Å². The monoisotopic (exact) mass is 267 g/mol. The van der Waals surface area contributed by atoms with Crippen LogP contribution in [-0.2, 0) is 6.54 Å². The number of hydrogen-bond donors (Lipinski definition) is 1. The summed E-state index contributed by atoms with van der Waals surface area (Å²) in [6, 6.07) is 0.961. The number of carbonyl (C=O) groups is 1. The fraction of sp³-hybridized carbons (Fsp3) is 0.182. The standard InChI is InChI=1S/C11H10FN3O2S/c1-15(4-8-5-18-6-14-8)10-9(11(16)17)2-7(12)3-13-10/h2-3,5-6H,4H2,1H3,(H,16,17). The summed E-state index contributed by atoms with van der Waals surface area (Å²) in [7, 11) is 1.69. The smallest absolute Gasteiger partial charge is 0.339 e. The van der Waals surface area contributed by atoms with Crippen LogP contribution in [0.3, 0.4) is 0 Å². The maximum atomic E-state index is 13.0. The van der Waals surface area contributed by atoms with Crippen LogP contribution in [0.5, 0.6) is 0 Å². The van der Waals surface area contributed by atoms with Crippen molar-refractivity contribution in [2.75, 3.05) is 11.9 Å². The number of carboxylic acids is 1. The first kappa shape index (κ1) is 12.4. The summed E-state index contributed by atoms with van der Waals surface area (Å²) in [5.74, 6) is -1.66. The van der Waals surface area contributed by atoms with Gasteiger partial charge in [-0.25, -0.2) is 19.2 Å². The maximum Gasteiger partial charge on any atom is 0.339 e. The third kappa shape index (κ3) is 2.62. The number of thiazole rings is 1. The van der Waals surface area contributed by atoms with Crippen LogP contribution in [0.1, 0.15) is 16.1 Å². The average Bonchev–Trinajstić information content (AvgIpc) is 2.81. The Kier molecular flexibility index (Phi) is 3.52. The predicted octanol–water partition coefficient (Wildman–Crippen LogP) is 2.01. The fourth-order valence-corrected chi connectivity index (χ4v) is 2.08. The summed E-state index contributed by atoms with van der Waals surface area (Å²) in [5, 5.41) is 10.9. The number of anilines is 1. The van der Waals surface area contributed by atoms with E-state index in [1.54, 1.807) is 17.5 Å². The van der Waals surface area contributed by atoms with Crippen molar-refractivity contribution >= 4 is 23.1 Å². The second kappa shape index (κ2) is 5.09. The number of aromatic carboxylic acids is 1. The van der Waals surface area contributed by atoms with E-state index in [2.05, 4.69) is 9.97 Å². The zero-order valence-corrected chi connectivity index (χ0v) is 10.3. The highest BCUT2D eigenvalue weighted by Gasteiger charge is 2.16. The van der Waals surface area contributed by atoms with Gasteiger partial charge in [0, 0.05) is 12.4 Å². The number of carboxylic acid groups (broad SMARTS) is 1. The van der Waals surface area contributed by atoms with Crippen molar-refractivity contribution in [1.29, 1.82) is 0 Å². The Labute approximate surface area is 107 Å². The number of rotatable bonds is 4. The third-order valence-electron chi connectivity index (χ3n) is 2.31. The molecule has 0 bridgehead atoms. The first-order valence-corrected chi connectivity index (χ1v) is 5.99. The molecule has 0 amide bonds. The molecular weight excluding hydrogens is 257 g/mol. The summed E-state index contributed by atoms with van der Waals surface area (Å²) in [4.78, 5) is 20.6. The van der Waals surface area contributed by atoms with Crippen molar-refractivity contribution in [3.63, 3.8) is 0 Å². The number of hydrogen-bond acceptors (Lipinski definition) is 5. The molecule has 0 saturated carbocycles. The predicted molar refractivity (Wildman–Crippen MR) is 65.4 cm³/mol. The number of pyridine rings is 1. The number of aromatic nitrogens is 2. The Morgan fingerprint density at radius 1 is 1.56 bits per heavy atom. The molecule has 0 unspecified atom stereocenters. The molecule has 2 aromatic rings. The average molecular weight is 267 g/mol. The van der Waals surface area contributed by atoms with Crippen LogP contribution in [0.15, 0.2) is 23.2 Å². The second-order valence-electron chi connectivity index (χ2n) is 3.67. The van der Waals surface area contributed by atoms with Gasteiger partial charge in [-0.1, -0.05) is 0 Å². The van der Waals surface area contributed by atoms with Gasteiger partial charge in [-0.2, -0.15) is 0 Å². The Morgan fingerprint density at radius 2 is 2.33 bits per heavy atom. The van der Waals surface area contributed by atoms with Crippen molar-refractivity contribution in [2.24, 2.45) is 0 Å². The maximum absolute atomic E-state index is 13.0. The summed E-state index contributed by atoms with van der Waals surface area (Å²) in [6.45, 7) is 0.419.